The number of carbonyl (C=O) groups excluding carboxylic acids is 2. The van der Waals surface area contributed by atoms with Crippen molar-refractivity contribution in [2.75, 3.05) is 33.4 Å². The molecule has 12 heteroatoms. The minimum atomic E-state index is -3.91. The fourth-order valence-electron chi connectivity index (χ4n) is 4.98. The molecular formula is C28H36N2O9S. The zero-order valence-electron chi connectivity index (χ0n) is 22.8. The number of fused-ring (bicyclic) bond motifs is 1. The van der Waals surface area contributed by atoms with Crippen molar-refractivity contribution in [1.29, 1.82) is 0 Å². The van der Waals surface area contributed by atoms with Gasteiger partial charge >= 0.3 is 6.09 Å². The normalized spacial score (nSPS) is 23.6. The Labute approximate surface area is 234 Å². The molecule has 1 unspecified atom stereocenters. The molecule has 2 aliphatic heterocycles. The molecule has 2 N–H and O–H groups in total. The van der Waals surface area contributed by atoms with Gasteiger partial charge in [-0.15, -0.1) is 0 Å². The van der Waals surface area contributed by atoms with Gasteiger partial charge in [-0.25, -0.2) is 13.2 Å². The van der Waals surface area contributed by atoms with E-state index in [4.69, 9.17) is 18.9 Å². The minimum Gasteiger partial charge on any atom is -0.497 e. The van der Waals surface area contributed by atoms with Crippen LogP contribution in [-0.2, 0) is 30.7 Å². The summed E-state index contributed by atoms with van der Waals surface area (Å²) in [5.74, 6) is 0.423. The lowest BCUT2D eigenvalue weighted by Crippen LogP contribution is -2.52. The summed E-state index contributed by atoms with van der Waals surface area (Å²) in [6, 6.07) is 10.6. The molecule has 1 amide bonds. The smallest absolute Gasteiger partial charge is 0.407 e. The highest BCUT2D eigenvalue weighted by Gasteiger charge is 2.38. The fourth-order valence-corrected chi connectivity index (χ4v) is 6.82. The molecule has 0 spiro atoms. The second-order valence-electron chi connectivity index (χ2n) is 9.99. The maximum Gasteiger partial charge on any atom is 0.407 e. The van der Waals surface area contributed by atoms with Gasteiger partial charge in [-0.3, -0.25) is 4.79 Å². The van der Waals surface area contributed by atoms with Crippen LogP contribution in [0.5, 0.6) is 5.75 Å². The molecule has 1 fully saturated rings. The van der Waals surface area contributed by atoms with Crippen LogP contribution in [-0.4, -0.2) is 88.2 Å². The second-order valence-corrected chi connectivity index (χ2v) is 11.9. The molecule has 5 atom stereocenters. The molecule has 4 rings (SSSR count). The number of β-amino-alcohol motifs (C(OH)–C–C–N with tert-alkyl or cyclic N) is 1. The molecule has 0 aromatic heterocycles. The Morgan fingerprint density at radius 3 is 2.67 bits per heavy atom. The summed E-state index contributed by atoms with van der Waals surface area (Å²) in [7, 11) is -2.38. The number of amides is 1. The summed E-state index contributed by atoms with van der Waals surface area (Å²) >= 11 is 0. The van der Waals surface area contributed by atoms with Crippen molar-refractivity contribution in [3.8, 4) is 5.75 Å². The summed E-state index contributed by atoms with van der Waals surface area (Å²) in [4.78, 5) is 24.1. The van der Waals surface area contributed by atoms with Crippen LogP contribution in [0.15, 0.2) is 47.4 Å². The Morgan fingerprint density at radius 1 is 1.25 bits per heavy atom. The molecule has 0 radical (unpaired) electrons. The number of carbonyl (C=O) groups is 2. The number of aldehydes is 1. The van der Waals surface area contributed by atoms with E-state index in [9.17, 15) is 23.1 Å². The third-order valence-corrected chi connectivity index (χ3v) is 9.03. The van der Waals surface area contributed by atoms with Gasteiger partial charge in [0, 0.05) is 31.7 Å². The highest BCUT2D eigenvalue weighted by Crippen LogP contribution is 2.36. The number of rotatable bonds is 11. The van der Waals surface area contributed by atoms with E-state index in [0.717, 1.165) is 11.8 Å². The Kier molecular flexibility index (Phi) is 9.80. The van der Waals surface area contributed by atoms with E-state index in [1.54, 1.807) is 36.4 Å². The van der Waals surface area contributed by atoms with E-state index in [2.05, 4.69) is 5.32 Å². The highest BCUT2D eigenvalue weighted by molar-refractivity contribution is 7.89. The molecular weight excluding hydrogens is 540 g/mol. The van der Waals surface area contributed by atoms with Crippen LogP contribution in [0.3, 0.4) is 0 Å². The van der Waals surface area contributed by atoms with E-state index in [0.29, 0.717) is 29.9 Å². The standard InChI is InChI=1S/C28H36N2O9S/c1-4-37-27-13-22(17-38-27)39-28(33)29-24(11-19-5-7-20(16-31)8-6-19)25(32)15-30-14-18(2)23-12-21(36-3)9-10-26(23)40(30,34)35/h5-10,12,16,18,22,24-25,27,32H,4,11,13-15,17H2,1-3H3,(H,29,33)/t18?,22-,24+,25-,27-/m1/s1. The summed E-state index contributed by atoms with van der Waals surface area (Å²) in [6.45, 7) is 4.32. The molecule has 0 aliphatic carbocycles. The van der Waals surface area contributed by atoms with Crippen LogP contribution in [0.25, 0.3) is 0 Å². The number of nitrogens with zero attached hydrogens (tertiary/aromatic N) is 1. The number of aliphatic hydroxyl groups is 1. The third-order valence-electron chi connectivity index (χ3n) is 7.12. The average molecular weight is 577 g/mol. The number of hydrogen-bond acceptors (Lipinski definition) is 9. The van der Waals surface area contributed by atoms with Crippen molar-refractivity contribution in [2.45, 2.75) is 62.0 Å². The van der Waals surface area contributed by atoms with Gasteiger partial charge in [-0.1, -0.05) is 31.2 Å². The SMILES string of the molecule is CCO[C@H]1C[C@@H](OC(=O)N[C@@H](Cc2ccc(C=O)cc2)[C@H](O)CN2CC(C)c3cc(OC)ccc3S2(=O)=O)CO1. The van der Waals surface area contributed by atoms with Crippen molar-refractivity contribution in [3.05, 3.63) is 59.2 Å². The summed E-state index contributed by atoms with van der Waals surface area (Å²) in [5, 5.41) is 14.0. The molecule has 2 aromatic rings. The van der Waals surface area contributed by atoms with Gasteiger partial charge in [0.05, 0.1) is 30.8 Å². The number of alkyl carbamates (subject to hydrolysis) is 1. The van der Waals surface area contributed by atoms with Crippen molar-refractivity contribution in [2.24, 2.45) is 0 Å². The van der Waals surface area contributed by atoms with Crippen LogP contribution in [0.4, 0.5) is 4.79 Å². The number of hydrogen-bond donors (Lipinski definition) is 2. The second kappa shape index (κ2) is 13.1. The molecule has 0 bridgehead atoms. The highest BCUT2D eigenvalue weighted by atomic mass is 32.2. The Bertz CT molecular complexity index is 1290. The average Bonchev–Trinajstić information content (AvgIpc) is 3.38. The van der Waals surface area contributed by atoms with Gasteiger partial charge in [-0.2, -0.15) is 4.31 Å². The van der Waals surface area contributed by atoms with Gasteiger partial charge < -0.3 is 29.4 Å². The molecule has 2 aromatic carbocycles. The molecule has 2 heterocycles. The van der Waals surface area contributed by atoms with E-state index in [1.807, 2.05) is 13.8 Å². The summed E-state index contributed by atoms with van der Waals surface area (Å²) < 4.78 is 49.8. The molecule has 40 heavy (non-hydrogen) atoms. The first-order valence-electron chi connectivity index (χ1n) is 13.2. The van der Waals surface area contributed by atoms with Crippen LogP contribution in [0.1, 0.15) is 47.7 Å². The number of sulfonamides is 1. The lowest BCUT2D eigenvalue weighted by atomic mass is 9.98. The zero-order valence-corrected chi connectivity index (χ0v) is 23.6. The first-order chi connectivity index (χ1) is 19.1. The van der Waals surface area contributed by atoms with Crippen molar-refractivity contribution >= 4 is 22.4 Å². The Hall–Kier alpha value is -3.03. The first-order valence-corrected chi connectivity index (χ1v) is 14.7. The first kappa shape index (κ1) is 29.9. The van der Waals surface area contributed by atoms with E-state index in [1.165, 1.54) is 17.5 Å². The van der Waals surface area contributed by atoms with Gasteiger partial charge in [0.15, 0.2) is 6.29 Å². The number of methoxy groups -OCH3 is 1. The monoisotopic (exact) mass is 576 g/mol. The lowest BCUT2D eigenvalue weighted by molar-refractivity contribution is -0.106. The van der Waals surface area contributed by atoms with Crippen LogP contribution < -0.4 is 10.1 Å². The predicted molar refractivity (Wildman–Crippen MR) is 145 cm³/mol. The Morgan fingerprint density at radius 2 is 2.00 bits per heavy atom. The largest absolute Gasteiger partial charge is 0.497 e. The van der Waals surface area contributed by atoms with Crippen molar-refractivity contribution in [1.82, 2.24) is 9.62 Å². The van der Waals surface area contributed by atoms with E-state index < -0.39 is 40.7 Å². The third kappa shape index (κ3) is 6.99. The minimum absolute atomic E-state index is 0.145. The van der Waals surface area contributed by atoms with Crippen molar-refractivity contribution in [3.63, 3.8) is 0 Å². The molecule has 218 valence electrons. The summed E-state index contributed by atoms with van der Waals surface area (Å²) in [5.41, 5.74) is 1.88. The molecule has 2 aliphatic rings. The van der Waals surface area contributed by atoms with Crippen LogP contribution in [0.2, 0.25) is 0 Å². The van der Waals surface area contributed by atoms with Crippen molar-refractivity contribution < 1.29 is 42.1 Å². The number of nitrogens with one attached hydrogen (secondary N) is 1. The number of aliphatic hydroxyl groups excluding tert-OH is 1. The van der Waals surface area contributed by atoms with Gasteiger partial charge in [0.1, 0.15) is 18.1 Å². The number of ether oxygens (including phenoxy) is 4. The molecule has 0 saturated carbocycles. The summed E-state index contributed by atoms with van der Waals surface area (Å²) in [6.07, 6.45) is -1.71. The van der Waals surface area contributed by atoms with Gasteiger partial charge in [0.25, 0.3) is 0 Å². The Balaban J connectivity index is 1.50. The zero-order chi connectivity index (χ0) is 28.9. The lowest BCUT2D eigenvalue weighted by Gasteiger charge is -2.35. The van der Waals surface area contributed by atoms with E-state index >= 15 is 0 Å². The predicted octanol–water partition coefficient (Wildman–Crippen LogP) is 2.47. The van der Waals surface area contributed by atoms with Gasteiger partial charge in [-0.05, 0) is 48.6 Å². The maximum absolute atomic E-state index is 13.5. The molecule has 1 saturated heterocycles. The number of benzene rings is 2. The maximum atomic E-state index is 13.5. The quantitative estimate of drug-likeness (QED) is 0.386. The van der Waals surface area contributed by atoms with E-state index in [-0.39, 0.29) is 36.9 Å². The fraction of sp³-hybridized carbons (Fsp3) is 0.500. The molecule has 11 nitrogen and oxygen atoms in total. The van der Waals surface area contributed by atoms with Crippen LogP contribution in [0, 0.1) is 0 Å². The van der Waals surface area contributed by atoms with Crippen LogP contribution >= 0.6 is 0 Å². The topological polar surface area (TPSA) is 141 Å². The van der Waals surface area contributed by atoms with Gasteiger partial charge in [0.2, 0.25) is 10.0 Å².